The molecule has 1 aliphatic rings. The number of amides is 3. The van der Waals surface area contributed by atoms with Gasteiger partial charge in [0, 0.05) is 44.4 Å². The molecular weight excluding hydrogens is 699 g/mol. The predicted molar refractivity (Wildman–Crippen MR) is 154 cm³/mol. The van der Waals surface area contributed by atoms with Crippen LogP contribution < -0.4 is 10.6 Å². The average molecular weight is 725 g/mol. The quantitative estimate of drug-likeness (QED) is 0.311. The Kier molecular flexibility index (Phi) is 10.4. The first-order chi connectivity index (χ1) is 22.6. The highest BCUT2D eigenvalue weighted by molar-refractivity contribution is 7.89. The number of nitrogens with one attached hydrogen (secondary N) is 2. The number of carbonyl (C=O) groups is 3. The van der Waals surface area contributed by atoms with Crippen LogP contribution in [0.1, 0.15) is 39.5 Å². The van der Waals surface area contributed by atoms with Gasteiger partial charge in [-0.3, -0.25) is 14.4 Å². The van der Waals surface area contributed by atoms with Crippen molar-refractivity contribution in [2.45, 2.75) is 42.9 Å². The molecule has 1 heterocycles. The van der Waals surface area contributed by atoms with E-state index in [0.717, 1.165) is 41.3 Å². The Morgan fingerprint density at radius 3 is 1.78 bits per heavy atom. The number of carbonyl (C=O) groups excluding carboxylic acids is 3. The highest BCUT2D eigenvalue weighted by Crippen LogP contribution is 2.37. The highest BCUT2D eigenvalue weighted by Gasteiger charge is 2.43. The van der Waals surface area contributed by atoms with Gasteiger partial charge >= 0.3 is 18.5 Å². The summed E-state index contributed by atoms with van der Waals surface area (Å²) in [6.07, 6.45) is -15.2. The third-order valence-electron chi connectivity index (χ3n) is 7.29. The zero-order valence-corrected chi connectivity index (χ0v) is 25.8. The van der Waals surface area contributed by atoms with Crippen molar-refractivity contribution >= 4 is 33.4 Å². The first-order valence-electron chi connectivity index (χ1n) is 14.0. The average Bonchev–Trinajstić information content (AvgIpc) is 3.01. The fourth-order valence-corrected chi connectivity index (χ4v) is 6.45. The number of hydrogen-bond acceptors (Lipinski definition) is 5. The predicted octanol–water partition coefficient (Wildman–Crippen LogP) is 5.53. The summed E-state index contributed by atoms with van der Waals surface area (Å²) in [5.74, 6) is -2.88. The molecule has 0 aromatic heterocycles. The van der Waals surface area contributed by atoms with Gasteiger partial charge in [0.15, 0.2) is 0 Å². The largest absolute Gasteiger partial charge is 0.416 e. The second kappa shape index (κ2) is 13.7. The Hall–Kier alpha value is -4.65. The van der Waals surface area contributed by atoms with Crippen LogP contribution in [0.2, 0.25) is 0 Å². The first-order valence-corrected chi connectivity index (χ1v) is 15.4. The van der Waals surface area contributed by atoms with Crippen molar-refractivity contribution in [3.05, 3.63) is 94.5 Å². The third-order valence-corrected chi connectivity index (χ3v) is 9.21. The zero-order valence-electron chi connectivity index (χ0n) is 25.0. The summed E-state index contributed by atoms with van der Waals surface area (Å²) in [4.78, 5) is 38.5. The molecule has 1 fully saturated rings. The fraction of sp³-hybridized carbons (Fsp3) is 0.300. The van der Waals surface area contributed by atoms with Crippen LogP contribution in [0.15, 0.2) is 71.6 Å². The third kappa shape index (κ3) is 8.88. The van der Waals surface area contributed by atoms with E-state index in [-0.39, 0.29) is 34.3 Å². The molecule has 0 spiro atoms. The maximum absolute atomic E-state index is 13.7. The van der Waals surface area contributed by atoms with Crippen LogP contribution in [0.25, 0.3) is 0 Å². The van der Waals surface area contributed by atoms with Crippen LogP contribution in [0, 0.1) is 0 Å². The van der Waals surface area contributed by atoms with Crippen molar-refractivity contribution in [1.82, 2.24) is 14.5 Å². The van der Waals surface area contributed by atoms with Crippen LogP contribution in [0.3, 0.4) is 0 Å². The molecule has 0 bridgehead atoms. The lowest BCUT2D eigenvalue weighted by molar-refractivity contribution is -0.143. The molecule has 3 aromatic rings. The summed E-state index contributed by atoms with van der Waals surface area (Å²) in [5.41, 5.74) is -5.13. The number of rotatable bonds is 7. The van der Waals surface area contributed by atoms with Gasteiger partial charge in [-0.15, -0.1) is 0 Å². The number of nitrogens with zero attached hydrogens (tertiary/aromatic N) is 2. The summed E-state index contributed by atoms with van der Waals surface area (Å²) >= 11 is 0. The van der Waals surface area contributed by atoms with E-state index in [9.17, 15) is 62.3 Å². The van der Waals surface area contributed by atoms with Crippen LogP contribution in [-0.4, -0.2) is 61.0 Å². The molecule has 3 amide bonds. The van der Waals surface area contributed by atoms with E-state index in [1.807, 2.05) is 0 Å². The van der Waals surface area contributed by atoms with Gasteiger partial charge in [0.1, 0.15) is 6.04 Å². The molecule has 1 unspecified atom stereocenters. The summed E-state index contributed by atoms with van der Waals surface area (Å²) in [7, 11) is -4.57. The van der Waals surface area contributed by atoms with E-state index in [2.05, 4.69) is 10.6 Å². The number of benzene rings is 3. The molecule has 19 heteroatoms. The van der Waals surface area contributed by atoms with E-state index in [1.165, 1.54) is 19.1 Å². The van der Waals surface area contributed by atoms with E-state index in [4.69, 9.17) is 0 Å². The highest BCUT2D eigenvalue weighted by atomic mass is 32.2. The molecule has 49 heavy (non-hydrogen) atoms. The molecule has 9 nitrogen and oxygen atoms in total. The molecule has 3 aromatic carbocycles. The Morgan fingerprint density at radius 1 is 0.755 bits per heavy atom. The number of piperazine rings is 1. The molecule has 0 radical (unpaired) electrons. The Morgan fingerprint density at radius 2 is 1.29 bits per heavy atom. The first kappa shape index (κ1) is 37.2. The van der Waals surface area contributed by atoms with Crippen molar-refractivity contribution in [1.29, 1.82) is 0 Å². The van der Waals surface area contributed by atoms with Crippen molar-refractivity contribution in [2.24, 2.45) is 0 Å². The van der Waals surface area contributed by atoms with E-state index < -0.39 is 101 Å². The van der Waals surface area contributed by atoms with Crippen molar-refractivity contribution in [2.75, 3.05) is 25.0 Å². The lowest BCUT2D eigenvalue weighted by atomic mass is 10.0. The van der Waals surface area contributed by atoms with Crippen molar-refractivity contribution in [3.63, 3.8) is 0 Å². The zero-order chi connectivity index (χ0) is 36.5. The topological polar surface area (TPSA) is 116 Å². The number of alkyl halides is 9. The van der Waals surface area contributed by atoms with Gasteiger partial charge in [-0.1, -0.05) is 12.1 Å². The second-order valence-corrected chi connectivity index (χ2v) is 12.7. The summed E-state index contributed by atoms with van der Waals surface area (Å²) in [6.45, 7) is -1.21. The number of anilines is 1. The second-order valence-electron chi connectivity index (χ2n) is 10.8. The standard InChI is InChI=1S/C30H25F9N4O5S/c1-17(44)41-23-6-8-24(9-7-23)49(47,48)43-11-10-42(27(46)19-12-21(29(34,35)36)14-22(13-19)30(37,38)39)16-25(43)26(45)40-15-18-2-4-20(5-3-18)28(31,32)33/h2-9,12-14,25H,10-11,15-16H2,1H3,(H,40,45)(H,41,44). The minimum absolute atomic E-state index is 0.164. The Labute approximate surface area is 272 Å². The van der Waals surface area contributed by atoms with Crippen molar-refractivity contribution in [3.8, 4) is 0 Å². The molecule has 1 atom stereocenters. The Bertz CT molecular complexity index is 1790. The molecule has 0 aliphatic carbocycles. The monoisotopic (exact) mass is 724 g/mol. The smallest absolute Gasteiger partial charge is 0.351 e. The molecule has 264 valence electrons. The normalized spacial score (nSPS) is 16.3. The van der Waals surface area contributed by atoms with Gasteiger partial charge in [0.25, 0.3) is 5.91 Å². The van der Waals surface area contributed by atoms with E-state index >= 15 is 0 Å². The van der Waals surface area contributed by atoms with Gasteiger partial charge in [0.05, 0.1) is 21.6 Å². The molecule has 1 aliphatic heterocycles. The van der Waals surface area contributed by atoms with Gasteiger partial charge < -0.3 is 15.5 Å². The minimum atomic E-state index is -5.26. The van der Waals surface area contributed by atoms with Crippen LogP contribution >= 0.6 is 0 Å². The molecule has 2 N–H and O–H groups in total. The molecular formula is C30H25F9N4O5S. The van der Waals surface area contributed by atoms with Crippen LogP contribution in [-0.2, 0) is 44.7 Å². The summed E-state index contributed by atoms with van der Waals surface area (Å²) in [6, 6.07) is 6.76. The van der Waals surface area contributed by atoms with E-state index in [0.29, 0.717) is 4.31 Å². The fourth-order valence-electron chi connectivity index (χ4n) is 4.88. The van der Waals surface area contributed by atoms with E-state index in [1.54, 1.807) is 0 Å². The SMILES string of the molecule is CC(=O)Nc1ccc(S(=O)(=O)N2CCN(C(=O)c3cc(C(F)(F)F)cc(C(F)(F)F)c3)CC2C(=O)NCc2ccc(C(F)(F)F)cc2)cc1. The summed E-state index contributed by atoms with van der Waals surface area (Å²) in [5, 5.41) is 4.79. The lowest BCUT2D eigenvalue weighted by Gasteiger charge is -2.39. The molecule has 0 saturated carbocycles. The minimum Gasteiger partial charge on any atom is -0.351 e. The number of hydrogen-bond donors (Lipinski definition) is 2. The maximum Gasteiger partial charge on any atom is 0.416 e. The summed E-state index contributed by atoms with van der Waals surface area (Å²) < 4.78 is 148. The molecule has 1 saturated heterocycles. The van der Waals surface area contributed by atoms with Gasteiger partial charge in [-0.2, -0.15) is 43.8 Å². The Balaban J connectivity index is 1.66. The number of halogens is 9. The van der Waals surface area contributed by atoms with Gasteiger partial charge in [-0.05, 0) is 60.2 Å². The number of sulfonamides is 1. The lowest BCUT2D eigenvalue weighted by Crippen LogP contribution is -2.61. The van der Waals surface area contributed by atoms with Gasteiger partial charge in [-0.25, -0.2) is 8.42 Å². The maximum atomic E-state index is 13.7. The molecule has 4 rings (SSSR count). The van der Waals surface area contributed by atoms with Crippen LogP contribution in [0.5, 0.6) is 0 Å². The van der Waals surface area contributed by atoms with Gasteiger partial charge in [0.2, 0.25) is 21.8 Å². The van der Waals surface area contributed by atoms with Crippen LogP contribution in [0.4, 0.5) is 45.2 Å². The van der Waals surface area contributed by atoms with Crippen molar-refractivity contribution < 1.29 is 62.3 Å².